The summed E-state index contributed by atoms with van der Waals surface area (Å²) in [5, 5.41) is 0. The molecule has 62 heavy (non-hydrogen) atoms. The first kappa shape index (κ1) is 42.2. The molecule has 9 rings (SSSR count). The SMILES string of the molecule is C(=Cc1nc(C=Cc2cccc(C3CCCCC3)c2)c(C=Cc2cccc(C3CCCCC3)c2)nc1C=Cc1cccc(C2CCCCC2)c1)c1cccc(C2CCCCC2)c1. The van der Waals surface area contributed by atoms with Crippen LogP contribution in [0.15, 0.2) is 97.1 Å². The molecule has 2 nitrogen and oxygen atoms in total. The van der Waals surface area contributed by atoms with Crippen molar-refractivity contribution in [3.63, 3.8) is 0 Å². The van der Waals surface area contributed by atoms with Gasteiger partial charge in [0, 0.05) is 0 Å². The van der Waals surface area contributed by atoms with Gasteiger partial charge in [0.15, 0.2) is 0 Å². The average molecular weight is 817 g/mol. The number of nitrogens with zero attached hydrogens (tertiary/aromatic N) is 2. The number of rotatable bonds is 12. The summed E-state index contributed by atoms with van der Waals surface area (Å²) in [6, 6.07) is 36.9. The van der Waals surface area contributed by atoms with Crippen LogP contribution in [0.1, 0.15) is 219 Å². The summed E-state index contributed by atoms with van der Waals surface area (Å²) in [4.78, 5) is 11.0. The minimum Gasteiger partial charge on any atom is -0.245 e. The maximum Gasteiger partial charge on any atom is 0.0894 e. The molecule has 5 aromatic rings. The Bertz CT molecular complexity index is 2020. The monoisotopic (exact) mass is 817 g/mol. The zero-order valence-corrected chi connectivity index (χ0v) is 37.2. The molecule has 4 aromatic carbocycles. The molecule has 318 valence electrons. The first-order chi connectivity index (χ1) is 30.7. The Morgan fingerprint density at radius 3 is 0.726 bits per heavy atom. The molecule has 1 aromatic heterocycles. The molecule has 4 aliphatic carbocycles. The van der Waals surface area contributed by atoms with E-state index in [-0.39, 0.29) is 0 Å². The number of benzene rings is 4. The van der Waals surface area contributed by atoms with Gasteiger partial charge >= 0.3 is 0 Å². The highest BCUT2D eigenvalue weighted by molar-refractivity contribution is 5.81. The molecular weight excluding hydrogens is 749 g/mol. The van der Waals surface area contributed by atoms with Gasteiger partial charge in [-0.3, -0.25) is 0 Å². The Labute approximate surface area is 373 Å². The van der Waals surface area contributed by atoms with E-state index in [1.54, 1.807) is 0 Å². The number of hydrogen-bond acceptors (Lipinski definition) is 2. The standard InChI is InChI=1S/C60H68N2/c1-5-21-49(22-6-1)53-29-13-17-45(41-53)33-37-57-58(38-34-46-18-14-30-54(42-46)50-23-7-2-8-24-50)62-60(40-36-48-20-16-32-56(44-48)52-27-11-4-12-28-52)59(61-57)39-35-47-19-15-31-55(43-47)51-25-9-3-10-26-51/h13-20,29-44,49-52H,1-12,21-28H2. The van der Waals surface area contributed by atoms with E-state index in [1.165, 1.54) is 173 Å². The summed E-state index contributed by atoms with van der Waals surface area (Å²) in [6.45, 7) is 0. The van der Waals surface area contributed by atoms with Crippen molar-refractivity contribution >= 4 is 48.6 Å². The summed E-state index contributed by atoms with van der Waals surface area (Å²) in [5.74, 6) is 2.68. The van der Waals surface area contributed by atoms with Crippen molar-refractivity contribution in [1.82, 2.24) is 9.97 Å². The third-order valence-corrected chi connectivity index (χ3v) is 14.7. The minimum absolute atomic E-state index is 0.669. The highest BCUT2D eigenvalue weighted by atomic mass is 14.8. The van der Waals surface area contributed by atoms with Crippen molar-refractivity contribution < 1.29 is 0 Å². The van der Waals surface area contributed by atoms with Crippen molar-refractivity contribution in [2.24, 2.45) is 0 Å². The first-order valence-corrected chi connectivity index (χ1v) is 24.7. The van der Waals surface area contributed by atoms with E-state index in [2.05, 4.69) is 146 Å². The molecule has 0 amide bonds. The molecule has 2 heteroatoms. The molecule has 0 atom stereocenters. The lowest BCUT2D eigenvalue weighted by atomic mass is 9.83. The Balaban J connectivity index is 1.10. The lowest BCUT2D eigenvalue weighted by Crippen LogP contribution is -2.04. The molecule has 0 N–H and O–H groups in total. The summed E-state index contributed by atoms with van der Waals surface area (Å²) in [5.41, 5.74) is 14.4. The molecule has 4 fully saturated rings. The average Bonchev–Trinajstić information content (AvgIpc) is 3.35. The highest BCUT2D eigenvalue weighted by Gasteiger charge is 2.19. The fourth-order valence-corrected chi connectivity index (χ4v) is 11.1. The highest BCUT2D eigenvalue weighted by Crippen LogP contribution is 2.37. The Hall–Kier alpha value is -5.08. The largest absolute Gasteiger partial charge is 0.245 e. The molecule has 4 saturated carbocycles. The van der Waals surface area contributed by atoms with Gasteiger partial charge in [-0.15, -0.1) is 0 Å². The molecule has 4 aliphatic rings. The maximum atomic E-state index is 5.50. The molecule has 1 heterocycles. The Morgan fingerprint density at radius 2 is 0.500 bits per heavy atom. The van der Waals surface area contributed by atoms with E-state index < -0.39 is 0 Å². The van der Waals surface area contributed by atoms with E-state index in [4.69, 9.17) is 9.97 Å². The van der Waals surface area contributed by atoms with Crippen LogP contribution in [0, 0.1) is 0 Å². The Kier molecular flexibility index (Phi) is 14.5. The number of hydrogen-bond donors (Lipinski definition) is 0. The van der Waals surface area contributed by atoms with Gasteiger partial charge in [-0.1, -0.05) is 198 Å². The second-order valence-electron chi connectivity index (χ2n) is 19.1. The van der Waals surface area contributed by atoms with Gasteiger partial charge in [-0.2, -0.15) is 0 Å². The normalized spacial score (nSPS) is 19.1. The van der Waals surface area contributed by atoms with E-state index >= 15 is 0 Å². The van der Waals surface area contributed by atoms with Gasteiger partial charge in [0.25, 0.3) is 0 Å². The van der Waals surface area contributed by atoms with Gasteiger partial charge in [-0.05, 0) is 144 Å². The van der Waals surface area contributed by atoms with Gasteiger partial charge in [0.2, 0.25) is 0 Å². The second-order valence-corrected chi connectivity index (χ2v) is 19.1. The maximum absolute atomic E-state index is 5.50. The predicted octanol–water partition coefficient (Wildman–Crippen LogP) is 17.3. The lowest BCUT2D eigenvalue weighted by Gasteiger charge is -2.22. The zero-order valence-electron chi connectivity index (χ0n) is 37.2. The molecule has 0 saturated heterocycles. The van der Waals surface area contributed by atoms with Crippen molar-refractivity contribution in [3.05, 3.63) is 164 Å². The van der Waals surface area contributed by atoms with Crippen LogP contribution >= 0.6 is 0 Å². The zero-order chi connectivity index (χ0) is 41.8. The van der Waals surface area contributed by atoms with Crippen LogP contribution in [0.25, 0.3) is 48.6 Å². The molecular formula is C60H68N2. The van der Waals surface area contributed by atoms with Crippen molar-refractivity contribution in [1.29, 1.82) is 0 Å². The third kappa shape index (κ3) is 11.3. The Morgan fingerprint density at radius 1 is 0.274 bits per heavy atom. The van der Waals surface area contributed by atoms with Crippen molar-refractivity contribution in [2.75, 3.05) is 0 Å². The first-order valence-electron chi connectivity index (χ1n) is 24.7. The van der Waals surface area contributed by atoms with Crippen LogP contribution in [-0.4, -0.2) is 9.97 Å². The van der Waals surface area contributed by atoms with E-state index in [9.17, 15) is 0 Å². The summed E-state index contributed by atoms with van der Waals surface area (Å²) >= 11 is 0. The van der Waals surface area contributed by atoms with Gasteiger partial charge in [-0.25, -0.2) is 9.97 Å². The van der Waals surface area contributed by atoms with Crippen LogP contribution in [-0.2, 0) is 0 Å². The quantitative estimate of drug-likeness (QED) is 0.125. The van der Waals surface area contributed by atoms with E-state index in [0.717, 1.165) is 22.8 Å². The summed E-state index contributed by atoms with van der Waals surface area (Å²) in [6.07, 6.45) is 44.4. The predicted molar refractivity (Wildman–Crippen MR) is 267 cm³/mol. The van der Waals surface area contributed by atoms with Crippen molar-refractivity contribution in [2.45, 2.75) is 152 Å². The molecule has 0 bridgehead atoms. The van der Waals surface area contributed by atoms with Crippen molar-refractivity contribution in [3.8, 4) is 0 Å². The second kappa shape index (κ2) is 21.3. The van der Waals surface area contributed by atoms with Crippen LogP contribution in [0.2, 0.25) is 0 Å². The topological polar surface area (TPSA) is 25.8 Å². The molecule has 0 unspecified atom stereocenters. The van der Waals surface area contributed by atoms with Crippen LogP contribution < -0.4 is 0 Å². The van der Waals surface area contributed by atoms with Crippen LogP contribution in [0.3, 0.4) is 0 Å². The van der Waals surface area contributed by atoms with Gasteiger partial charge in [0.1, 0.15) is 0 Å². The minimum atomic E-state index is 0.669. The van der Waals surface area contributed by atoms with E-state index in [0.29, 0.717) is 23.7 Å². The lowest BCUT2D eigenvalue weighted by molar-refractivity contribution is 0.443. The molecule has 0 spiro atoms. The molecule has 0 radical (unpaired) electrons. The summed E-state index contributed by atoms with van der Waals surface area (Å²) in [7, 11) is 0. The van der Waals surface area contributed by atoms with Gasteiger partial charge < -0.3 is 0 Å². The third-order valence-electron chi connectivity index (χ3n) is 14.7. The fourth-order valence-electron chi connectivity index (χ4n) is 11.1. The molecule has 0 aliphatic heterocycles. The van der Waals surface area contributed by atoms with E-state index in [1.807, 2.05) is 0 Å². The van der Waals surface area contributed by atoms with Crippen LogP contribution in [0.5, 0.6) is 0 Å². The number of aromatic nitrogens is 2. The smallest absolute Gasteiger partial charge is 0.0894 e. The summed E-state index contributed by atoms with van der Waals surface area (Å²) < 4.78 is 0. The fraction of sp³-hybridized carbons (Fsp3) is 0.400. The van der Waals surface area contributed by atoms with Gasteiger partial charge in [0.05, 0.1) is 22.8 Å². The van der Waals surface area contributed by atoms with Crippen LogP contribution in [0.4, 0.5) is 0 Å².